The van der Waals surface area contributed by atoms with Gasteiger partial charge in [-0.25, -0.2) is 9.97 Å². The van der Waals surface area contributed by atoms with Gasteiger partial charge in [0.15, 0.2) is 0 Å². The number of aromatic nitrogens is 2. The number of carbonyl (C=O) groups excluding carboxylic acids is 1. The highest BCUT2D eigenvalue weighted by Gasteiger charge is 2.22. The number of amides is 1. The van der Waals surface area contributed by atoms with Crippen molar-refractivity contribution in [2.24, 2.45) is 5.92 Å². The standard InChI is InChI=1S/C14H23N5O2/c1-10(8-20)11(2)17-12-6-13(16-9-15-12)19-5-4-18(3)14(21)7-19/h6,9-11,20H,4-5,7-8H2,1-3H3,(H,15,16,17). The number of nitrogens with one attached hydrogen (secondary N) is 1. The average molecular weight is 293 g/mol. The van der Waals surface area contributed by atoms with Gasteiger partial charge in [-0.2, -0.15) is 0 Å². The molecule has 1 fully saturated rings. The first-order valence-electron chi connectivity index (χ1n) is 7.19. The van der Waals surface area contributed by atoms with Crippen LogP contribution in [-0.4, -0.2) is 65.2 Å². The van der Waals surface area contributed by atoms with Crippen LogP contribution in [0.2, 0.25) is 0 Å². The number of hydrogen-bond donors (Lipinski definition) is 2. The fourth-order valence-corrected chi connectivity index (χ4v) is 2.09. The van der Waals surface area contributed by atoms with E-state index < -0.39 is 0 Å². The molecule has 1 aliphatic heterocycles. The third-order valence-electron chi connectivity index (χ3n) is 3.95. The highest BCUT2D eigenvalue weighted by molar-refractivity contribution is 5.82. The van der Waals surface area contributed by atoms with Gasteiger partial charge in [-0.15, -0.1) is 0 Å². The fraction of sp³-hybridized carbons (Fsp3) is 0.643. The molecule has 0 aromatic carbocycles. The molecule has 1 aliphatic rings. The van der Waals surface area contributed by atoms with E-state index in [1.807, 2.05) is 31.9 Å². The second kappa shape index (κ2) is 6.71. The second-order valence-corrected chi connectivity index (χ2v) is 5.59. The van der Waals surface area contributed by atoms with Crippen LogP contribution < -0.4 is 10.2 Å². The molecule has 0 saturated carbocycles. The van der Waals surface area contributed by atoms with Crippen LogP contribution in [0.15, 0.2) is 12.4 Å². The summed E-state index contributed by atoms with van der Waals surface area (Å²) in [5.74, 6) is 1.68. The zero-order chi connectivity index (χ0) is 15.4. The minimum atomic E-state index is 0.0941. The lowest BCUT2D eigenvalue weighted by Gasteiger charge is -2.32. The molecule has 1 saturated heterocycles. The maximum absolute atomic E-state index is 11.8. The number of nitrogens with zero attached hydrogens (tertiary/aromatic N) is 4. The molecule has 2 heterocycles. The van der Waals surface area contributed by atoms with E-state index in [2.05, 4.69) is 15.3 Å². The third-order valence-corrected chi connectivity index (χ3v) is 3.95. The quantitative estimate of drug-likeness (QED) is 0.806. The molecule has 2 atom stereocenters. The first-order chi connectivity index (χ1) is 10.0. The van der Waals surface area contributed by atoms with E-state index in [9.17, 15) is 9.90 Å². The first-order valence-corrected chi connectivity index (χ1v) is 7.19. The summed E-state index contributed by atoms with van der Waals surface area (Å²) in [5, 5.41) is 12.4. The molecular weight excluding hydrogens is 270 g/mol. The van der Waals surface area contributed by atoms with E-state index in [4.69, 9.17) is 0 Å². The van der Waals surface area contributed by atoms with Crippen LogP contribution in [0.1, 0.15) is 13.8 Å². The molecule has 7 heteroatoms. The molecule has 2 N–H and O–H groups in total. The summed E-state index contributed by atoms with van der Waals surface area (Å²) in [6.45, 7) is 5.90. The topological polar surface area (TPSA) is 81.6 Å². The molecule has 2 unspecified atom stereocenters. The number of anilines is 2. The van der Waals surface area contributed by atoms with Crippen molar-refractivity contribution >= 4 is 17.5 Å². The largest absolute Gasteiger partial charge is 0.396 e. The summed E-state index contributed by atoms with van der Waals surface area (Å²) in [6, 6.07) is 1.95. The second-order valence-electron chi connectivity index (χ2n) is 5.59. The van der Waals surface area contributed by atoms with Gasteiger partial charge in [0.1, 0.15) is 18.0 Å². The van der Waals surface area contributed by atoms with Gasteiger partial charge >= 0.3 is 0 Å². The number of piperazine rings is 1. The van der Waals surface area contributed by atoms with Crippen molar-refractivity contribution in [2.45, 2.75) is 19.9 Å². The van der Waals surface area contributed by atoms with Crippen LogP contribution in [-0.2, 0) is 4.79 Å². The van der Waals surface area contributed by atoms with Gasteiger partial charge in [-0.3, -0.25) is 4.79 Å². The molecule has 7 nitrogen and oxygen atoms in total. The zero-order valence-corrected chi connectivity index (χ0v) is 12.8. The van der Waals surface area contributed by atoms with E-state index in [-0.39, 0.29) is 24.5 Å². The molecule has 0 bridgehead atoms. The van der Waals surface area contributed by atoms with E-state index in [0.29, 0.717) is 18.9 Å². The normalized spacial score (nSPS) is 18.6. The monoisotopic (exact) mass is 293 g/mol. The van der Waals surface area contributed by atoms with Crippen LogP contribution in [0.25, 0.3) is 0 Å². The van der Waals surface area contributed by atoms with Crippen LogP contribution >= 0.6 is 0 Å². The molecule has 1 aromatic rings. The predicted molar refractivity (Wildman–Crippen MR) is 81.2 cm³/mol. The number of hydrogen-bond acceptors (Lipinski definition) is 6. The van der Waals surface area contributed by atoms with Gasteiger partial charge in [0.05, 0.1) is 6.54 Å². The number of rotatable bonds is 5. The molecule has 0 spiro atoms. The average Bonchev–Trinajstić information content (AvgIpc) is 2.49. The maximum Gasteiger partial charge on any atom is 0.241 e. The minimum Gasteiger partial charge on any atom is -0.396 e. The van der Waals surface area contributed by atoms with Crippen LogP contribution in [0, 0.1) is 5.92 Å². The summed E-state index contributed by atoms with van der Waals surface area (Å²) < 4.78 is 0. The molecule has 1 amide bonds. The Morgan fingerprint density at radius 1 is 1.38 bits per heavy atom. The smallest absolute Gasteiger partial charge is 0.241 e. The van der Waals surface area contributed by atoms with Crippen molar-refractivity contribution in [1.29, 1.82) is 0 Å². The fourth-order valence-electron chi connectivity index (χ4n) is 2.09. The van der Waals surface area contributed by atoms with Crippen LogP contribution in [0.5, 0.6) is 0 Å². The lowest BCUT2D eigenvalue weighted by atomic mass is 10.1. The third kappa shape index (κ3) is 3.81. The predicted octanol–water partition coefficient (Wildman–Crippen LogP) is 0.184. The minimum absolute atomic E-state index is 0.0941. The van der Waals surface area contributed by atoms with Crippen molar-refractivity contribution in [2.75, 3.05) is 43.5 Å². The summed E-state index contributed by atoms with van der Waals surface area (Å²) in [6.07, 6.45) is 1.50. The Morgan fingerprint density at radius 2 is 2.14 bits per heavy atom. The summed E-state index contributed by atoms with van der Waals surface area (Å²) in [7, 11) is 1.81. The highest BCUT2D eigenvalue weighted by Crippen LogP contribution is 2.18. The zero-order valence-electron chi connectivity index (χ0n) is 12.8. The van der Waals surface area contributed by atoms with Gasteiger partial charge in [-0.1, -0.05) is 6.92 Å². The Balaban J connectivity index is 2.06. The van der Waals surface area contributed by atoms with Crippen molar-refractivity contribution in [1.82, 2.24) is 14.9 Å². The molecular formula is C14H23N5O2. The Hall–Kier alpha value is -1.89. The highest BCUT2D eigenvalue weighted by atomic mass is 16.3. The number of aliphatic hydroxyl groups excluding tert-OH is 1. The van der Waals surface area contributed by atoms with Gasteiger partial charge in [0.2, 0.25) is 5.91 Å². The summed E-state index contributed by atoms with van der Waals surface area (Å²) in [5.41, 5.74) is 0. The Morgan fingerprint density at radius 3 is 2.81 bits per heavy atom. The van der Waals surface area contributed by atoms with Gasteiger partial charge in [0.25, 0.3) is 0 Å². The number of carbonyl (C=O) groups is 1. The summed E-state index contributed by atoms with van der Waals surface area (Å²) in [4.78, 5) is 23.9. The maximum atomic E-state index is 11.8. The molecule has 116 valence electrons. The molecule has 21 heavy (non-hydrogen) atoms. The van der Waals surface area contributed by atoms with E-state index >= 15 is 0 Å². The molecule has 2 rings (SSSR count). The Bertz CT molecular complexity index is 496. The van der Waals surface area contributed by atoms with Crippen LogP contribution in [0.4, 0.5) is 11.6 Å². The lowest BCUT2D eigenvalue weighted by molar-refractivity contribution is -0.129. The Labute approximate surface area is 125 Å². The van der Waals surface area contributed by atoms with Crippen molar-refractivity contribution in [3.8, 4) is 0 Å². The molecule has 0 radical (unpaired) electrons. The van der Waals surface area contributed by atoms with Crippen molar-refractivity contribution in [3.05, 3.63) is 12.4 Å². The first kappa shape index (κ1) is 15.5. The lowest BCUT2D eigenvalue weighted by Crippen LogP contribution is -2.48. The van der Waals surface area contributed by atoms with E-state index in [0.717, 1.165) is 12.4 Å². The Kier molecular flexibility index (Phi) is 4.95. The molecule has 0 aliphatic carbocycles. The van der Waals surface area contributed by atoms with E-state index in [1.165, 1.54) is 6.33 Å². The SMILES string of the molecule is CC(CO)C(C)Nc1cc(N2CCN(C)C(=O)C2)ncn1. The van der Waals surface area contributed by atoms with Crippen molar-refractivity contribution < 1.29 is 9.90 Å². The van der Waals surface area contributed by atoms with Gasteiger partial charge < -0.3 is 20.2 Å². The molecule has 1 aromatic heterocycles. The number of aliphatic hydroxyl groups is 1. The van der Waals surface area contributed by atoms with Crippen molar-refractivity contribution in [3.63, 3.8) is 0 Å². The van der Waals surface area contributed by atoms with E-state index in [1.54, 1.807) is 4.90 Å². The summed E-state index contributed by atoms with van der Waals surface area (Å²) >= 11 is 0. The number of likely N-dealkylation sites (N-methyl/N-ethyl adjacent to an activating group) is 1. The van der Waals surface area contributed by atoms with Gasteiger partial charge in [0, 0.05) is 38.9 Å². The van der Waals surface area contributed by atoms with Crippen LogP contribution in [0.3, 0.4) is 0 Å². The van der Waals surface area contributed by atoms with Gasteiger partial charge in [-0.05, 0) is 12.8 Å².